The van der Waals surface area contributed by atoms with Crippen molar-refractivity contribution in [3.8, 4) is 28.5 Å². The van der Waals surface area contributed by atoms with Crippen LogP contribution in [0, 0.1) is 20.8 Å². The zero-order valence-electron chi connectivity index (χ0n) is 14.0. The summed E-state index contributed by atoms with van der Waals surface area (Å²) >= 11 is 0. The van der Waals surface area contributed by atoms with Crippen molar-refractivity contribution >= 4 is 11.0 Å². The SMILES string of the molecule is Cc1ccc(-c2ccc(-c3oc4c(O)ccc(C)c4c3C)[nH]2)cc1. The van der Waals surface area contributed by atoms with Crippen LogP contribution in [-0.4, -0.2) is 10.1 Å². The quantitative estimate of drug-likeness (QED) is 0.496. The molecule has 0 unspecified atom stereocenters. The van der Waals surface area contributed by atoms with Crippen molar-refractivity contribution in [2.75, 3.05) is 0 Å². The van der Waals surface area contributed by atoms with E-state index in [-0.39, 0.29) is 5.75 Å². The Kier molecular flexibility index (Phi) is 3.24. The molecule has 0 bridgehead atoms. The number of H-pyrrole nitrogens is 1. The summed E-state index contributed by atoms with van der Waals surface area (Å²) < 4.78 is 5.98. The number of benzene rings is 2. The lowest BCUT2D eigenvalue weighted by Crippen LogP contribution is -1.81. The van der Waals surface area contributed by atoms with Gasteiger partial charge in [-0.25, -0.2) is 0 Å². The zero-order valence-corrected chi connectivity index (χ0v) is 14.0. The van der Waals surface area contributed by atoms with Crippen molar-refractivity contribution in [3.63, 3.8) is 0 Å². The first-order valence-electron chi connectivity index (χ1n) is 8.02. The van der Waals surface area contributed by atoms with Crippen LogP contribution in [0.1, 0.15) is 16.7 Å². The second-order valence-electron chi connectivity index (χ2n) is 6.31. The molecule has 0 aliphatic rings. The molecule has 0 spiro atoms. The summed E-state index contributed by atoms with van der Waals surface area (Å²) in [5.41, 5.74) is 7.03. The molecule has 0 radical (unpaired) electrons. The number of aromatic nitrogens is 1. The van der Waals surface area contributed by atoms with Gasteiger partial charge in [-0.15, -0.1) is 0 Å². The first-order chi connectivity index (χ1) is 11.5. The number of fused-ring (bicyclic) bond motifs is 1. The van der Waals surface area contributed by atoms with Crippen LogP contribution in [0.3, 0.4) is 0 Å². The lowest BCUT2D eigenvalue weighted by molar-refractivity contribution is 0.466. The van der Waals surface area contributed by atoms with E-state index in [4.69, 9.17) is 4.42 Å². The van der Waals surface area contributed by atoms with Gasteiger partial charge in [0.2, 0.25) is 0 Å². The van der Waals surface area contributed by atoms with Gasteiger partial charge in [0.25, 0.3) is 0 Å². The Hall–Kier alpha value is -2.94. The van der Waals surface area contributed by atoms with Crippen molar-refractivity contribution in [1.82, 2.24) is 4.98 Å². The number of hydrogen-bond donors (Lipinski definition) is 2. The molecule has 2 N–H and O–H groups in total. The molecule has 0 amide bonds. The number of aromatic amines is 1. The molecule has 0 aliphatic heterocycles. The molecular formula is C21H19NO2. The van der Waals surface area contributed by atoms with Crippen LogP contribution in [0.2, 0.25) is 0 Å². The molecule has 2 aromatic heterocycles. The molecule has 0 saturated heterocycles. The van der Waals surface area contributed by atoms with Crippen molar-refractivity contribution in [2.24, 2.45) is 0 Å². The van der Waals surface area contributed by atoms with Crippen molar-refractivity contribution < 1.29 is 9.52 Å². The Balaban J connectivity index is 1.84. The smallest absolute Gasteiger partial charge is 0.177 e. The van der Waals surface area contributed by atoms with E-state index >= 15 is 0 Å². The minimum atomic E-state index is 0.176. The van der Waals surface area contributed by atoms with Crippen molar-refractivity contribution in [2.45, 2.75) is 20.8 Å². The van der Waals surface area contributed by atoms with Gasteiger partial charge < -0.3 is 14.5 Å². The summed E-state index contributed by atoms with van der Waals surface area (Å²) in [6.45, 7) is 6.14. The number of phenols is 1. The Labute approximate surface area is 140 Å². The van der Waals surface area contributed by atoms with E-state index in [1.54, 1.807) is 6.07 Å². The fraction of sp³-hybridized carbons (Fsp3) is 0.143. The molecule has 0 aliphatic carbocycles. The average Bonchev–Trinajstić information content (AvgIpc) is 3.17. The summed E-state index contributed by atoms with van der Waals surface area (Å²) in [6, 6.07) is 16.1. The highest BCUT2D eigenvalue weighted by atomic mass is 16.4. The maximum absolute atomic E-state index is 10.1. The van der Waals surface area contributed by atoms with Crippen LogP contribution in [0.15, 0.2) is 52.9 Å². The highest BCUT2D eigenvalue weighted by molar-refractivity contribution is 5.93. The van der Waals surface area contributed by atoms with Gasteiger partial charge in [0.1, 0.15) is 0 Å². The van der Waals surface area contributed by atoms with Crippen molar-refractivity contribution in [3.05, 3.63) is 65.2 Å². The molecule has 4 aromatic rings. The van der Waals surface area contributed by atoms with Gasteiger partial charge in [0.05, 0.1) is 5.69 Å². The number of nitrogens with one attached hydrogen (secondary N) is 1. The molecule has 0 fully saturated rings. The zero-order chi connectivity index (χ0) is 16.8. The predicted octanol–water partition coefficient (Wildman–Crippen LogP) is 5.73. The van der Waals surface area contributed by atoms with Gasteiger partial charge in [-0.05, 0) is 50.1 Å². The van der Waals surface area contributed by atoms with Crippen LogP contribution < -0.4 is 0 Å². The molecule has 3 heteroatoms. The van der Waals surface area contributed by atoms with Crippen LogP contribution in [0.5, 0.6) is 5.75 Å². The number of hydrogen-bond acceptors (Lipinski definition) is 2. The van der Waals surface area contributed by atoms with Gasteiger partial charge in [-0.1, -0.05) is 35.9 Å². The fourth-order valence-corrected chi connectivity index (χ4v) is 3.22. The first kappa shape index (κ1) is 14.6. The van der Waals surface area contributed by atoms with Crippen LogP contribution in [-0.2, 0) is 0 Å². The minimum Gasteiger partial charge on any atom is -0.504 e. The second kappa shape index (κ2) is 5.31. The third-order valence-corrected chi connectivity index (χ3v) is 4.56. The van der Waals surface area contributed by atoms with E-state index < -0.39 is 0 Å². The standard InChI is InChI=1S/C21H19NO2/c1-12-4-7-15(8-5-12)16-9-10-17(22-16)20-14(3)19-13(2)6-11-18(23)21(19)24-20/h4-11,22-23H,1-3H3. The topological polar surface area (TPSA) is 49.2 Å². The molecule has 120 valence electrons. The lowest BCUT2D eigenvalue weighted by Gasteiger charge is -1.99. The molecule has 0 atom stereocenters. The average molecular weight is 317 g/mol. The van der Waals surface area contributed by atoms with Crippen LogP contribution >= 0.6 is 0 Å². The first-order valence-corrected chi connectivity index (χ1v) is 8.02. The largest absolute Gasteiger partial charge is 0.504 e. The van der Waals surface area contributed by atoms with E-state index in [9.17, 15) is 5.11 Å². The third-order valence-electron chi connectivity index (χ3n) is 4.56. The second-order valence-corrected chi connectivity index (χ2v) is 6.31. The maximum Gasteiger partial charge on any atom is 0.177 e. The molecule has 2 heterocycles. The molecular weight excluding hydrogens is 298 g/mol. The number of furan rings is 1. The number of phenolic OH excluding ortho intramolecular Hbond substituents is 1. The summed E-state index contributed by atoms with van der Waals surface area (Å²) in [6.07, 6.45) is 0. The van der Waals surface area contributed by atoms with Crippen LogP contribution in [0.4, 0.5) is 0 Å². The number of aryl methyl sites for hydroxylation is 3. The number of rotatable bonds is 2. The summed E-state index contributed by atoms with van der Waals surface area (Å²) in [5, 5.41) is 11.1. The van der Waals surface area contributed by atoms with E-state index in [0.29, 0.717) is 5.58 Å². The van der Waals surface area contributed by atoms with Gasteiger partial charge in [-0.2, -0.15) is 0 Å². The molecule has 4 rings (SSSR count). The molecule has 0 saturated carbocycles. The predicted molar refractivity (Wildman–Crippen MR) is 97.3 cm³/mol. The van der Waals surface area contributed by atoms with Gasteiger partial charge in [0.15, 0.2) is 17.1 Å². The summed E-state index contributed by atoms with van der Waals surface area (Å²) in [4.78, 5) is 3.43. The van der Waals surface area contributed by atoms with E-state index in [2.05, 4.69) is 42.2 Å². The summed E-state index contributed by atoms with van der Waals surface area (Å²) in [7, 11) is 0. The highest BCUT2D eigenvalue weighted by Crippen LogP contribution is 2.39. The molecule has 2 aromatic carbocycles. The highest BCUT2D eigenvalue weighted by Gasteiger charge is 2.18. The molecule has 24 heavy (non-hydrogen) atoms. The minimum absolute atomic E-state index is 0.176. The maximum atomic E-state index is 10.1. The normalized spacial score (nSPS) is 11.3. The Morgan fingerprint density at radius 1 is 0.833 bits per heavy atom. The monoisotopic (exact) mass is 317 g/mol. The van der Waals surface area contributed by atoms with Crippen LogP contribution in [0.25, 0.3) is 33.7 Å². The summed E-state index contributed by atoms with van der Waals surface area (Å²) in [5.74, 6) is 0.947. The van der Waals surface area contributed by atoms with Gasteiger partial charge in [-0.3, -0.25) is 0 Å². The molecule has 3 nitrogen and oxygen atoms in total. The number of aromatic hydroxyl groups is 1. The fourth-order valence-electron chi connectivity index (χ4n) is 3.22. The third kappa shape index (κ3) is 2.21. The Morgan fingerprint density at radius 2 is 1.54 bits per heavy atom. The van der Waals surface area contributed by atoms with Gasteiger partial charge >= 0.3 is 0 Å². The van der Waals surface area contributed by atoms with Crippen molar-refractivity contribution in [1.29, 1.82) is 0 Å². The lowest BCUT2D eigenvalue weighted by atomic mass is 10.1. The van der Waals surface area contributed by atoms with Gasteiger partial charge in [0, 0.05) is 16.6 Å². The Bertz CT molecular complexity index is 1040. The van der Waals surface area contributed by atoms with E-state index in [0.717, 1.165) is 39.2 Å². The van der Waals surface area contributed by atoms with E-state index in [1.165, 1.54) is 5.56 Å². The van der Waals surface area contributed by atoms with E-state index in [1.807, 2.05) is 26.0 Å². The Morgan fingerprint density at radius 3 is 2.25 bits per heavy atom.